The second-order valence-corrected chi connectivity index (χ2v) is 5.75. The molecular weight excluding hydrogens is 318 g/mol. The van der Waals surface area contributed by atoms with Crippen LogP contribution in [0.25, 0.3) is 11.3 Å². The van der Waals surface area contributed by atoms with E-state index in [0.29, 0.717) is 0 Å². The van der Waals surface area contributed by atoms with Crippen molar-refractivity contribution in [2.45, 2.75) is 12.8 Å². The molecule has 2 heterocycles. The molecule has 0 spiro atoms. The molecular formula is C15H18BrN3O. The van der Waals surface area contributed by atoms with E-state index in [1.807, 2.05) is 7.05 Å². The van der Waals surface area contributed by atoms with E-state index in [1.165, 1.54) is 11.1 Å². The zero-order valence-corrected chi connectivity index (χ0v) is 13.3. The van der Waals surface area contributed by atoms with Gasteiger partial charge in [-0.25, -0.2) is 4.98 Å². The van der Waals surface area contributed by atoms with Gasteiger partial charge >= 0.3 is 0 Å². The average Bonchev–Trinajstić information content (AvgIpc) is 3.00. The van der Waals surface area contributed by atoms with Gasteiger partial charge in [0, 0.05) is 32.0 Å². The Balaban J connectivity index is 1.99. The number of nitrogens with one attached hydrogen (secondary N) is 1. The molecule has 1 aromatic carbocycles. The minimum absolute atomic E-state index is 0.790. The summed E-state index contributed by atoms with van der Waals surface area (Å²) in [6.07, 6.45) is 1.91. The van der Waals surface area contributed by atoms with Crippen molar-refractivity contribution in [3.63, 3.8) is 0 Å². The number of ether oxygens (including phenoxy) is 1. The van der Waals surface area contributed by atoms with Gasteiger partial charge in [0.25, 0.3) is 0 Å². The van der Waals surface area contributed by atoms with Crippen LogP contribution in [0.3, 0.4) is 0 Å². The van der Waals surface area contributed by atoms with E-state index in [4.69, 9.17) is 4.74 Å². The summed E-state index contributed by atoms with van der Waals surface area (Å²) >= 11 is 3.59. The summed E-state index contributed by atoms with van der Waals surface area (Å²) < 4.78 is 8.64. The topological polar surface area (TPSA) is 39.1 Å². The molecule has 4 nitrogen and oxygen atoms in total. The molecule has 1 aromatic heterocycles. The molecule has 1 aliphatic heterocycles. The van der Waals surface area contributed by atoms with Crippen molar-refractivity contribution in [2.24, 2.45) is 7.05 Å². The zero-order chi connectivity index (χ0) is 14.1. The molecule has 0 radical (unpaired) electrons. The van der Waals surface area contributed by atoms with E-state index in [2.05, 4.69) is 56.0 Å². The first-order valence-electron chi connectivity index (χ1n) is 6.82. The Morgan fingerprint density at radius 2 is 2.30 bits per heavy atom. The number of rotatable bonds is 4. The van der Waals surface area contributed by atoms with Crippen molar-refractivity contribution in [3.05, 3.63) is 34.2 Å². The first-order chi connectivity index (χ1) is 9.70. The molecule has 5 heteroatoms. The third kappa shape index (κ3) is 2.36. The molecule has 2 aromatic rings. The van der Waals surface area contributed by atoms with Gasteiger partial charge in [-0.15, -0.1) is 0 Å². The second kappa shape index (κ2) is 5.58. The van der Waals surface area contributed by atoms with Crippen LogP contribution in [0.5, 0.6) is 5.75 Å². The molecule has 1 aliphatic rings. The van der Waals surface area contributed by atoms with Crippen LogP contribution in [-0.4, -0.2) is 29.8 Å². The molecule has 0 aliphatic carbocycles. The Hall–Kier alpha value is -1.33. The van der Waals surface area contributed by atoms with E-state index >= 15 is 0 Å². The zero-order valence-electron chi connectivity index (χ0n) is 11.7. The summed E-state index contributed by atoms with van der Waals surface area (Å²) in [6.45, 7) is 1.72. The van der Waals surface area contributed by atoms with Crippen LogP contribution in [-0.2, 0) is 19.9 Å². The number of aromatic nitrogens is 2. The Bertz CT molecular complexity index is 636. The predicted molar refractivity (Wildman–Crippen MR) is 83.2 cm³/mol. The molecule has 106 valence electrons. The van der Waals surface area contributed by atoms with Gasteiger partial charge in [-0.2, -0.15) is 0 Å². The maximum atomic E-state index is 5.57. The average molecular weight is 336 g/mol. The Morgan fingerprint density at radius 3 is 3.10 bits per heavy atom. The lowest BCUT2D eigenvalue weighted by molar-refractivity contribution is 0.357. The fourth-order valence-corrected chi connectivity index (χ4v) is 3.32. The van der Waals surface area contributed by atoms with Gasteiger partial charge in [0.15, 0.2) is 0 Å². The van der Waals surface area contributed by atoms with Crippen LogP contribution >= 0.6 is 15.9 Å². The highest BCUT2D eigenvalue weighted by molar-refractivity contribution is 9.10. The first-order valence-corrected chi connectivity index (χ1v) is 7.62. The number of likely N-dealkylation sites (N-methyl/N-ethyl adjacent to an activating group) is 1. The third-order valence-corrected chi connectivity index (χ3v) is 4.26. The Labute approximate surface area is 127 Å². The SMILES string of the molecule is CNCCc1nc(Br)c(-c2ccc3c(c2)CCO3)n1C. The predicted octanol–water partition coefficient (Wildman–Crippen LogP) is 2.55. The maximum absolute atomic E-state index is 5.57. The minimum Gasteiger partial charge on any atom is -0.493 e. The number of imidazole rings is 1. The fraction of sp³-hybridized carbons (Fsp3) is 0.400. The number of fused-ring (bicyclic) bond motifs is 1. The summed E-state index contributed by atoms with van der Waals surface area (Å²) in [5.74, 6) is 2.10. The van der Waals surface area contributed by atoms with E-state index in [-0.39, 0.29) is 0 Å². The van der Waals surface area contributed by atoms with Crippen LogP contribution in [0.2, 0.25) is 0 Å². The molecule has 0 atom stereocenters. The normalized spacial score (nSPS) is 13.3. The standard InChI is InChI=1S/C15H18BrN3O/c1-17-7-5-13-18-15(16)14(19(13)2)11-3-4-12-10(9-11)6-8-20-12/h3-4,9,17H,5-8H2,1-2H3. The molecule has 20 heavy (non-hydrogen) atoms. The fourth-order valence-electron chi connectivity index (χ4n) is 2.62. The lowest BCUT2D eigenvalue weighted by atomic mass is 10.1. The number of benzene rings is 1. The van der Waals surface area contributed by atoms with Crippen molar-refractivity contribution in [1.82, 2.24) is 14.9 Å². The summed E-state index contributed by atoms with van der Waals surface area (Å²) in [6, 6.07) is 6.38. The molecule has 3 rings (SSSR count). The van der Waals surface area contributed by atoms with Crippen LogP contribution in [0.1, 0.15) is 11.4 Å². The van der Waals surface area contributed by atoms with Crippen LogP contribution in [0.4, 0.5) is 0 Å². The molecule has 0 amide bonds. The monoisotopic (exact) mass is 335 g/mol. The van der Waals surface area contributed by atoms with Crippen molar-refractivity contribution >= 4 is 15.9 Å². The van der Waals surface area contributed by atoms with Gasteiger partial charge in [0.1, 0.15) is 16.2 Å². The highest BCUT2D eigenvalue weighted by Gasteiger charge is 2.18. The largest absolute Gasteiger partial charge is 0.493 e. The highest BCUT2D eigenvalue weighted by atomic mass is 79.9. The Morgan fingerprint density at radius 1 is 1.45 bits per heavy atom. The first kappa shape index (κ1) is 13.6. The van der Waals surface area contributed by atoms with Crippen LogP contribution in [0, 0.1) is 0 Å². The van der Waals surface area contributed by atoms with E-state index in [1.54, 1.807) is 0 Å². The number of halogens is 1. The van der Waals surface area contributed by atoms with Crippen molar-refractivity contribution in [2.75, 3.05) is 20.2 Å². The van der Waals surface area contributed by atoms with Crippen LogP contribution < -0.4 is 10.1 Å². The number of nitrogens with zero attached hydrogens (tertiary/aromatic N) is 2. The van der Waals surface area contributed by atoms with E-state index in [9.17, 15) is 0 Å². The molecule has 0 saturated carbocycles. The van der Waals surface area contributed by atoms with Crippen molar-refractivity contribution in [3.8, 4) is 17.0 Å². The minimum atomic E-state index is 0.790. The second-order valence-electron chi connectivity index (χ2n) is 5.00. The van der Waals surface area contributed by atoms with Crippen molar-refractivity contribution < 1.29 is 4.74 Å². The quantitative estimate of drug-likeness (QED) is 0.933. The number of hydrogen-bond donors (Lipinski definition) is 1. The number of hydrogen-bond acceptors (Lipinski definition) is 3. The molecule has 0 bridgehead atoms. The summed E-state index contributed by atoms with van der Waals surface area (Å²) in [7, 11) is 4.03. The molecule has 1 N–H and O–H groups in total. The maximum Gasteiger partial charge on any atom is 0.132 e. The third-order valence-electron chi connectivity index (χ3n) is 3.71. The van der Waals surface area contributed by atoms with E-state index in [0.717, 1.165) is 47.9 Å². The summed E-state index contributed by atoms with van der Waals surface area (Å²) in [5.41, 5.74) is 3.60. The smallest absolute Gasteiger partial charge is 0.132 e. The summed E-state index contributed by atoms with van der Waals surface area (Å²) in [5, 5.41) is 3.16. The van der Waals surface area contributed by atoms with E-state index < -0.39 is 0 Å². The molecule has 0 fully saturated rings. The van der Waals surface area contributed by atoms with Gasteiger partial charge in [0.05, 0.1) is 12.3 Å². The Kier molecular flexibility index (Phi) is 3.81. The molecule has 0 unspecified atom stereocenters. The van der Waals surface area contributed by atoms with Gasteiger partial charge in [-0.05, 0) is 46.7 Å². The lowest BCUT2D eigenvalue weighted by Gasteiger charge is -2.08. The lowest BCUT2D eigenvalue weighted by Crippen LogP contribution is -2.13. The van der Waals surface area contributed by atoms with Crippen LogP contribution in [0.15, 0.2) is 22.8 Å². The van der Waals surface area contributed by atoms with Gasteiger partial charge in [-0.1, -0.05) is 0 Å². The van der Waals surface area contributed by atoms with Gasteiger partial charge in [-0.3, -0.25) is 0 Å². The van der Waals surface area contributed by atoms with Gasteiger partial charge < -0.3 is 14.6 Å². The van der Waals surface area contributed by atoms with Gasteiger partial charge in [0.2, 0.25) is 0 Å². The summed E-state index contributed by atoms with van der Waals surface area (Å²) in [4.78, 5) is 4.63. The molecule has 0 saturated heterocycles. The van der Waals surface area contributed by atoms with Crippen molar-refractivity contribution in [1.29, 1.82) is 0 Å². The highest BCUT2D eigenvalue weighted by Crippen LogP contribution is 2.34.